The number of hydrogen-bond donors (Lipinski definition) is 1. The Bertz CT molecular complexity index is 770. The molecule has 26 heavy (non-hydrogen) atoms. The zero-order chi connectivity index (χ0) is 18.7. The molecule has 0 heterocycles. The summed E-state index contributed by atoms with van der Waals surface area (Å²) in [6, 6.07) is 2.26. The maximum atomic E-state index is 11.0. The summed E-state index contributed by atoms with van der Waals surface area (Å²) in [5, 5.41) is 20.6. The molecular weight excluding hydrogens is 322 g/mol. The summed E-state index contributed by atoms with van der Waals surface area (Å²) in [6.45, 7) is 9.59. The molecule has 0 aliphatic heterocycles. The molecule has 0 unspecified atom stereocenters. The molecule has 0 radical (unpaired) electrons. The fourth-order valence-corrected chi connectivity index (χ4v) is 6.53. The molecule has 4 aliphatic rings. The predicted octanol–water partition coefficient (Wildman–Crippen LogP) is 5.04. The molecular formula is C23H31NO2. The van der Waals surface area contributed by atoms with E-state index in [0.29, 0.717) is 18.3 Å². The third-order valence-corrected chi connectivity index (χ3v) is 8.12. The van der Waals surface area contributed by atoms with Crippen LogP contribution in [0.25, 0.3) is 0 Å². The first-order valence-electron chi connectivity index (χ1n) is 10.2. The standard InChI is InChI=1S/C23H31NO2/c1-5-26-16-6-9-21(3)18-7-10-22(4)19(8-11-23(22,25)14-24)17(18)12-15(2)20(21)13-16/h7,13,17,19,25H,5-6,8-12H2,1-4H3/t17-,19+,21-,22+,23+/m1/s1. The quantitative estimate of drug-likeness (QED) is 0.558. The van der Waals surface area contributed by atoms with Crippen molar-refractivity contribution in [3.05, 3.63) is 34.6 Å². The number of aliphatic hydroxyl groups is 1. The predicted molar refractivity (Wildman–Crippen MR) is 102 cm³/mol. The normalized spacial score (nSPS) is 44.3. The third kappa shape index (κ3) is 2.15. The van der Waals surface area contributed by atoms with E-state index in [0.717, 1.165) is 44.5 Å². The molecule has 0 aromatic carbocycles. The molecule has 4 aliphatic carbocycles. The van der Waals surface area contributed by atoms with Crippen LogP contribution in [-0.2, 0) is 4.74 Å². The van der Waals surface area contributed by atoms with Crippen molar-refractivity contribution in [3.63, 3.8) is 0 Å². The number of nitriles is 1. The van der Waals surface area contributed by atoms with Crippen LogP contribution in [0.4, 0.5) is 0 Å². The van der Waals surface area contributed by atoms with Crippen molar-refractivity contribution in [2.24, 2.45) is 22.7 Å². The van der Waals surface area contributed by atoms with E-state index in [1.165, 1.54) is 11.1 Å². The van der Waals surface area contributed by atoms with Crippen molar-refractivity contribution in [1.29, 1.82) is 5.26 Å². The van der Waals surface area contributed by atoms with Crippen LogP contribution in [0.3, 0.4) is 0 Å². The first kappa shape index (κ1) is 17.9. The number of rotatable bonds is 2. The van der Waals surface area contributed by atoms with Crippen LogP contribution in [0.2, 0.25) is 0 Å². The van der Waals surface area contributed by atoms with E-state index in [-0.39, 0.29) is 10.8 Å². The van der Waals surface area contributed by atoms with Crippen LogP contribution in [0.1, 0.15) is 66.2 Å². The van der Waals surface area contributed by atoms with Gasteiger partial charge in [0.05, 0.1) is 18.4 Å². The van der Waals surface area contributed by atoms with Gasteiger partial charge in [-0.1, -0.05) is 31.1 Å². The van der Waals surface area contributed by atoms with Gasteiger partial charge in [-0.3, -0.25) is 0 Å². The van der Waals surface area contributed by atoms with E-state index in [1.54, 1.807) is 5.57 Å². The zero-order valence-electron chi connectivity index (χ0n) is 16.6. The van der Waals surface area contributed by atoms with Crippen molar-refractivity contribution < 1.29 is 9.84 Å². The Labute approximate surface area is 157 Å². The second kappa shape index (κ2) is 5.73. The highest BCUT2D eigenvalue weighted by Crippen LogP contribution is 2.65. The summed E-state index contributed by atoms with van der Waals surface area (Å²) >= 11 is 0. The van der Waals surface area contributed by atoms with Crippen LogP contribution in [0.5, 0.6) is 0 Å². The minimum Gasteiger partial charge on any atom is -0.498 e. The highest BCUT2D eigenvalue weighted by Gasteiger charge is 2.62. The molecule has 140 valence electrons. The molecule has 0 bridgehead atoms. The van der Waals surface area contributed by atoms with Crippen molar-refractivity contribution >= 4 is 0 Å². The number of allylic oxidation sites excluding steroid dienone is 6. The fourth-order valence-electron chi connectivity index (χ4n) is 6.53. The van der Waals surface area contributed by atoms with Gasteiger partial charge in [-0.15, -0.1) is 0 Å². The Morgan fingerprint density at radius 3 is 2.81 bits per heavy atom. The van der Waals surface area contributed by atoms with Gasteiger partial charge in [-0.2, -0.15) is 5.26 Å². The largest absolute Gasteiger partial charge is 0.498 e. The Balaban J connectivity index is 1.77. The minimum atomic E-state index is -1.17. The van der Waals surface area contributed by atoms with Gasteiger partial charge >= 0.3 is 0 Å². The lowest BCUT2D eigenvalue weighted by molar-refractivity contribution is -0.0371. The second-order valence-corrected chi connectivity index (χ2v) is 9.28. The van der Waals surface area contributed by atoms with Crippen LogP contribution in [0, 0.1) is 34.0 Å². The van der Waals surface area contributed by atoms with Crippen LogP contribution >= 0.6 is 0 Å². The van der Waals surface area contributed by atoms with Gasteiger partial charge < -0.3 is 9.84 Å². The van der Waals surface area contributed by atoms with Crippen molar-refractivity contribution in [1.82, 2.24) is 0 Å². The molecule has 5 atom stereocenters. The Kier molecular flexibility index (Phi) is 3.94. The number of nitrogens with zero attached hydrogens (tertiary/aromatic N) is 1. The van der Waals surface area contributed by atoms with Crippen LogP contribution < -0.4 is 0 Å². The maximum absolute atomic E-state index is 11.0. The minimum absolute atomic E-state index is 0.0856. The van der Waals surface area contributed by atoms with E-state index in [4.69, 9.17) is 4.74 Å². The Morgan fingerprint density at radius 1 is 1.35 bits per heavy atom. The fraction of sp³-hybridized carbons (Fsp3) is 0.696. The average Bonchev–Trinajstić information content (AvgIpc) is 2.89. The van der Waals surface area contributed by atoms with E-state index in [1.807, 2.05) is 6.92 Å². The van der Waals surface area contributed by atoms with E-state index in [2.05, 4.69) is 39.0 Å². The third-order valence-electron chi connectivity index (χ3n) is 8.12. The first-order valence-corrected chi connectivity index (χ1v) is 10.2. The molecule has 4 rings (SSSR count). The molecule has 3 nitrogen and oxygen atoms in total. The topological polar surface area (TPSA) is 53.2 Å². The van der Waals surface area contributed by atoms with Crippen molar-refractivity contribution in [3.8, 4) is 6.07 Å². The van der Waals surface area contributed by atoms with Gasteiger partial charge in [0.2, 0.25) is 0 Å². The van der Waals surface area contributed by atoms with Gasteiger partial charge in [-0.05, 0) is 69.4 Å². The number of ether oxygens (including phenoxy) is 1. The van der Waals surface area contributed by atoms with E-state index >= 15 is 0 Å². The molecule has 0 spiro atoms. The lowest BCUT2D eigenvalue weighted by Gasteiger charge is -2.53. The molecule has 0 aromatic rings. The highest BCUT2D eigenvalue weighted by molar-refractivity contribution is 5.48. The summed E-state index contributed by atoms with van der Waals surface area (Å²) in [4.78, 5) is 0. The summed E-state index contributed by atoms with van der Waals surface area (Å²) in [5.74, 6) is 1.99. The number of fused-ring (bicyclic) bond motifs is 5. The van der Waals surface area contributed by atoms with Gasteiger partial charge in [0.1, 0.15) is 0 Å². The monoisotopic (exact) mass is 353 g/mol. The number of hydrogen-bond acceptors (Lipinski definition) is 3. The molecule has 0 saturated heterocycles. The zero-order valence-corrected chi connectivity index (χ0v) is 16.6. The Hall–Kier alpha value is -1.53. The molecule has 1 N–H and O–H groups in total. The summed E-state index contributed by atoms with van der Waals surface area (Å²) in [7, 11) is 0. The van der Waals surface area contributed by atoms with E-state index < -0.39 is 5.60 Å². The SMILES string of the molecule is CCOC1=CC2=C(C)C[C@@H]3C(=CC[C@@]4(C)[C@H]3CC[C@]4(O)C#N)[C@@]2(C)CC1. The van der Waals surface area contributed by atoms with Gasteiger partial charge in [-0.25, -0.2) is 0 Å². The van der Waals surface area contributed by atoms with Gasteiger partial charge in [0, 0.05) is 17.3 Å². The second-order valence-electron chi connectivity index (χ2n) is 9.28. The lowest BCUT2D eigenvalue weighted by Crippen LogP contribution is -2.50. The maximum Gasteiger partial charge on any atom is 0.156 e. The lowest BCUT2D eigenvalue weighted by atomic mass is 9.51. The summed E-state index contributed by atoms with van der Waals surface area (Å²) in [6.07, 6.45) is 10.2. The highest BCUT2D eigenvalue weighted by atomic mass is 16.5. The summed E-state index contributed by atoms with van der Waals surface area (Å²) in [5.41, 5.74) is 3.07. The van der Waals surface area contributed by atoms with E-state index in [9.17, 15) is 10.4 Å². The summed E-state index contributed by atoms with van der Waals surface area (Å²) < 4.78 is 5.83. The smallest absolute Gasteiger partial charge is 0.156 e. The molecule has 0 amide bonds. The van der Waals surface area contributed by atoms with Gasteiger partial charge in [0.15, 0.2) is 5.60 Å². The van der Waals surface area contributed by atoms with Crippen LogP contribution in [-0.4, -0.2) is 17.3 Å². The van der Waals surface area contributed by atoms with Crippen molar-refractivity contribution in [2.45, 2.75) is 71.8 Å². The van der Waals surface area contributed by atoms with Crippen molar-refractivity contribution in [2.75, 3.05) is 6.61 Å². The molecule has 3 heteroatoms. The van der Waals surface area contributed by atoms with Gasteiger partial charge in [0.25, 0.3) is 0 Å². The molecule has 0 aromatic heterocycles. The molecule has 1 fully saturated rings. The Morgan fingerprint density at radius 2 is 2.12 bits per heavy atom. The average molecular weight is 354 g/mol. The first-order chi connectivity index (χ1) is 12.3. The molecule has 1 saturated carbocycles. The van der Waals surface area contributed by atoms with Crippen LogP contribution in [0.15, 0.2) is 34.6 Å².